The van der Waals surface area contributed by atoms with Gasteiger partial charge in [0.05, 0.1) is 0 Å². The molecule has 0 unspecified atom stereocenters. The van der Waals surface area contributed by atoms with E-state index in [2.05, 4.69) is 20.8 Å². The summed E-state index contributed by atoms with van der Waals surface area (Å²) in [4.78, 5) is 12.0. The van der Waals surface area contributed by atoms with Crippen molar-refractivity contribution in [3.8, 4) is 0 Å². The fourth-order valence-electron chi connectivity index (χ4n) is 3.92. The highest BCUT2D eigenvalue weighted by Gasteiger charge is 2.51. The molecule has 0 spiro atoms. The second-order valence-corrected chi connectivity index (χ2v) is 6.13. The van der Waals surface area contributed by atoms with Crippen LogP contribution >= 0.6 is 0 Å². The topological polar surface area (TPSA) is 17.1 Å². The molecule has 2 aliphatic carbocycles. The number of Topliss-reactive ketones (excluding diaryl/α,β-unsaturated/α-hetero) is 1. The molecule has 0 bridgehead atoms. The molecule has 0 saturated heterocycles. The normalized spacial score (nSPS) is 41.9. The predicted octanol–water partition coefficient (Wildman–Crippen LogP) is 3.57. The van der Waals surface area contributed by atoms with Crippen LogP contribution in [0.15, 0.2) is 0 Å². The van der Waals surface area contributed by atoms with E-state index < -0.39 is 0 Å². The van der Waals surface area contributed by atoms with Gasteiger partial charge in [0, 0.05) is 11.8 Å². The van der Waals surface area contributed by atoms with Crippen LogP contribution < -0.4 is 0 Å². The quantitative estimate of drug-likeness (QED) is 0.576. The zero-order valence-corrected chi connectivity index (χ0v) is 9.73. The van der Waals surface area contributed by atoms with Gasteiger partial charge in [-0.2, -0.15) is 0 Å². The van der Waals surface area contributed by atoms with Gasteiger partial charge in [-0.15, -0.1) is 0 Å². The summed E-state index contributed by atoms with van der Waals surface area (Å²) in [6.45, 7) is 6.93. The molecule has 80 valence electrons. The Bertz CT molecular complexity index is 254. The van der Waals surface area contributed by atoms with Crippen molar-refractivity contribution < 1.29 is 4.79 Å². The number of rotatable bonds is 0. The molecule has 0 aromatic rings. The van der Waals surface area contributed by atoms with Crippen LogP contribution in [0.5, 0.6) is 0 Å². The Balaban J connectivity index is 2.32. The number of hydrogen-bond acceptors (Lipinski definition) is 1. The van der Waals surface area contributed by atoms with Crippen molar-refractivity contribution >= 4 is 5.78 Å². The third-order valence-corrected chi connectivity index (χ3v) is 4.76. The summed E-state index contributed by atoms with van der Waals surface area (Å²) in [6, 6.07) is 0. The Kier molecular flexibility index (Phi) is 2.24. The monoisotopic (exact) mass is 194 g/mol. The summed E-state index contributed by atoms with van der Waals surface area (Å²) in [6.07, 6.45) is 6.92. The molecule has 0 amide bonds. The van der Waals surface area contributed by atoms with Crippen molar-refractivity contribution in [3.63, 3.8) is 0 Å². The van der Waals surface area contributed by atoms with Gasteiger partial charge in [0.2, 0.25) is 0 Å². The molecule has 0 heterocycles. The highest BCUT2D eigenvalue weighted by atomic mass is 16.1. The van der Waals surface area contributed by atoms with Crippen molar-refractivity contribution in [1.29, 1.82) is 0 Å². The molecule has 0 aliphatic heterocycles. The van der Waals surface area contributed by atoms with Crippen molar-refractivity contribution in [2.75, 3.05) is 0 Å². The molecule has 0 aromatic carbocycles. The molecule has 2 aliphatic rings. The highest BCUT2D eigenvalue weighted by Crippen LogP contribution is 2.55. The third-order valence-electron chi connectivity index (χ3n) is 4.76. The lowest BCUT2D eigenvalue weighted by atomic mass is 9.51. The minimum atomic E-state index is 0.0278. The fourth-order valence-corrected chi connectivity index (χ4v) is 3.92. The fraction of sp³-hybridized carbons (Fsp3) is 0.923. The van der Waals surface area contributed by atoms with E-state index in [1.54, 1.807) is 0 Å². The number of carbonyl (C=O) groups is 1. The van der Waals surface area contributed by atoms with E-state index in [0.717, 1.165) is 19.3 Å². The van der Waals surface area contributed by atoms with E-state index in [0.29, 0.717) is 17.1 Å². The average molecular weight is 194 g/mol. The summed E-state index contributed by atoms with van der Waals surface area (Å²) in [5.41, 5.74) is 0.420. The van der Waals surface area contributed by atoms with Crippen LogP contribution in [0.2, 0.25) is 0 Å². The first-order valence-corrected chi connectivity index (χ1v) is 6.00. The Morgan fingerprint density at radius 3 is 2.50 bits per heavy atom. The van der Waals surface area contributed by atoms with Gasteiger partial charge in [-0.3, -0.25) is 4.79 Å². The maximum atomic E-state index is 12.0. The van der Waals surface area contributed by atoms with Crippen LogP contribution in [0, 0.1) is 16.7 Å². The molecular weight excluding hydrogens is 172 g/mol. The largest absolute Gasteiger partial charge is 0.299 e. The smallest absolute Gasteiger partial charge is 0.139 e. The van der Waals surface area contributed by atoms with Gasteiger partial charge in [-0.25, -0.2) is 0 Å². The van der Waals surface area contributed by atoms with Crippen LogP contribution in [0.3, 0.4) is 0 Å². The molecule has 1 heteroatoms. The summed E-state index contributed by atoms with van der Waals surface area (Å²) in [5, 5.41) is 0. The molecule has 0 aromatic heterocycles. The van der Waals surface area contributed by atoms with E-state index >= 15 is 0 Å². The van der Waals surface area contributed by atoms with E-state index in [-0.39, 0.29) is 5.41 Å². The van der Waals surface area contributed by atoms with Gasteiger partial charge >= 0.3 is 0 Å². The minimum absolute atomic E-state index is 0.0278. The first-order valence-electron chi connectivity index (χ1n) is 6.00. The Labute approximate surface area is 87.3 Å². The van der Waals surface area contributed by atoms with Crippen molar-refractivity contribution in [2.24, 2.45) is 16.7 Å². The molecule has 2 saturated carbocycles. The van der Waals surface area contributed by atoms with Crippen LogP contribution in [-0.4, -0.2) is 5.78 Å². The summed E-state index contributed by atoms with van der Waals surface area (Å²) in [7, 11) is 0. The van der Waals surface area contributed by atoms with Crippen LogP contribution in [0.1, 0.15) is 59.3 Å². The first kappa shape index (κ1) is 10.2. The highest BCUT2D eigenvalue weighted by molar-refractivity contribution is 5.85. The van der Waals surface area contributed by atoms with Crippen molar-refractivity contribution in [2.45, 2.75) is 59.3 Å². The Hall–Kier alpha value is -0.330. The Morgan fingerprint density at radius 2 is 1.86 bits per heavy atom. The standard InChI is InChI=1S/C13H22O/c1-12(2)8-5-9-13(3)10(12)6-4-7-11(13)14/h10H,4-9H2,1-3H3/t10-,13-/m1/s1. The molecule has 1 nitrogen and oxygen atoms in total. The van der Waals surface area contributed by atoms with Gasteiger partial charge in [-0.1, -0.05) is 27.2 Å². The summed E-state index contributed by atoms with van der Waals surface area (Å²) >= 11 is 0. The van der Waals surface area contributed by atoms with E-state index in [4.69, 9.17) is 0 Å². The number of ketones is 1. The maximum Gasteiger partial charge on any atom is 0.139 e. The van der Waals surface area contributed by atoms with E-state index in [1.165, 1.54) is 19.3 Å². The number of hydrogen-bond donors (Lipinski definition) is 0. The third kappa shape index (κ3) is 1.32. The summed E-state index contributed by atoms with van der Waals surface area (Å²) < 4.78 is 0. The van der Waals surface area contributed by atoms with E-state index in [1.807, 2.05) is 0 Å². The SMILES string of the molecule is CC1(C)CCC[C@@]2(C)C(=O)CCC[C@H]12. The number of fused-ring (bicyclic) bond motifs is 1. The van der Waals surface area contributed by atoms with Gasteiger partial charge in [-0.05, 0) is 37.0 Å². The average Bonchev–Trinajstić information content (AvgIpc) is 2.08. The molecule has 2 fully saturated rings. The number of carbonyl (C=O) groups excluding carboxylic acids is 1. The maximum absolute atomic E-state index is 12.0. The van der Waals surface area contributed by atoms with Crippen molar-refractivity contribution in [1.82, 2.24) is 0 Å². The first-order chi connectivity index (χ1) is 6.47. The molecular formula is C13H22O. The summed E-state index contributed by atoms with van der Waals surface area (Å²) in [5.74, 6) is 1.19. The van der Waals surface area contributed by atoms with Crippen LogP contribution in [0.25, 0.3) is 0 Å². The zero-order chi connectivity index (χ0) is 10.4. The minimum Gasteiger partial charge on any atom is -0.299 e. The lowest BCUT2D eigenvalue weighted by molar-refractivity contribution is -0.143. The molecule has 14 heavy (non-hydrogen) atoms. The molecule has 0 N–H and O–H groups in total. The second-order valence-electron chi connectivity index (χ2n) is 6.13. The molecule has 2 atom stereocenters. The van der Waals surface area contributed by atoms with E-state index in [9.17, 15) is 4.79 Å². The molecule has 0 radical (unpaired) electrons. The van der Waals surface area contributed by atoms with Gasteiger partial charge in [0.25, 0.3) is 0 Å². The van der Waals surface area contributed by atoms with Gasteiger partial charge in [0.1, 0.15) is 5.78 Å². The predicted molar refractivity (Wildman–Crippen MR) is 58.1 cm³/mol. The lowest BCUT2D eigenvalue weighted by Crippen LogP contribution is -2.49. The van der Waals surface area contributed by atoms with Crippen LogP contribution in [-0.2, 0) is 4.79 Å². The lowest BCUT2D eigenvalue weighted by Gasteiger charge is -2.52. The van der Waals surface area contributed by atoms with Crippen LogP contribution in [0.4, 0.5) is 0 Å². The van der Waals surface area contributed by atoms with Gasteiger partial charge in [0.15, 0.2) is 0 Å². The van der Waals surface area contributed by atoms with Gasteiger partial charge < -0.3 is 0 Å². The Morgan fingerprint density at radius 1 is 1.14 bits per heavy atom. The van der Waals surface area contributed by atoms with Crippen molar-refractivity contribution in [3.05, 3.63) is 0 Å². The zero-order valence-electron chi connectivity index (χ0n) is 9.73. The molecule has 2 rings (SSSR count). The second kappa shape index (κ2) is 3.08.